The molecule has 0 spiro atoms. The summed E-state index contributed by atoms with van der Waals surface area (Å²) in [7, 11) is 0. The number of aromatic hydroxyl groups is 1. The van der Waals surface area contributed by atoms with Crippen LogP contribution in [0.5, 0.6) is 11.5 Å². The van der Waals surface area contributed by atoms with Gasteiger partial charge in [0.15, 0.2) is 22.1 Å². The Morgan fingerprint density at radius 1 is 1.23 bits per heavy atom. The number of thiazole rings is 1. The van der Waals surface area contributed by atoms with Crippen LogP contribution >= 0.6 is 11.3 Å². The summed E-state index contributed by atoms with van der Waals surface area (Å²) >= 11 is 1.29. The fourth-order valence-electron chi connectivity index (χ4n) is 3.91. The zero-order chi connectivity index (χ0) is 21.7. The van der Waals surface area contributed by atoms with E-state index >= 15 is 0 Å². The van der Waals surface area contributed by atoms with E-state index in [0.29, 0.717) is 28.3 Å². The summed E-state index contributed by atoms with van der Waals surface area (Å²) in [6, 6.07) is 9.36. The Kier molecular flexibility index (Phi) is 4.51. The number of anilines is 1. The molecule has 0 bridgehead atoms. The van der Waals surface area contributed by atoms with Gasteiger partial charge >= 0.3 is 0 Å². The minimum absolute atomic E-state index is 0.00703. The van der Waals surface area contributed by atoms with Gasteiger partial charge in [0.25, 0.3) is 5.91 Å². The van der Waals surface area contributed by atoms with Gasteiger partial charge in [-0.25, -0.2) is 4.98 Å². The molecule has 31 heavy (non-hydrogen) atoms. The topological polar surface area (TPSA) is 92.9 Å². The molecule has 1 unspecified atom stereocenters. The van der Waals surface area contributed by atoms with Crippen molar-refractivity contribution in [2.24, 2.45) is 0 Å². The first-order valence-corrected chi connectivity index (χ1v) is 10.6. The number of phenolic OH excluding ortho intramolecular Hbond substituents is 1. The summed E-state index contributed by atoms with van der Waals surface area (Å²) in [4.78, 5) is 32.7. The number of carbonyl (C=O) groups excluding carboxylic acids is 1. The second-order valence-electron chi connectivity index (χ2n) is 7.23. The van der Waals surface area contributed by atoms with Crippen LogP contribution in [-0.2, 0) is 0 Å². The molecule has 5 rings (SSSR count). The Hall–Kier alpha value is -3.65. The Labute approximate surface area is 181 Å². The van der Waals surface area contributed by atoms with Crippen LogP contribution in [0.15, 0.2) is 57.2 Å². The van der Waals surface area contributed by atoms with E-state index in [0.717, 1.165) is 5.56 Å². The second kappa shape index (κ2) is 7.24. The second-order valence-corrected chi connectivity index (χ2v) is 8.10. The molecule has 1 aliphatic heterocycles. The van der Waals surface area contributed by atoms with Gasteiger partial charge in [-0.15, -0.1) is 11.3 Å². The summed E-state index contributed by atoms with van der Waals surface area (Å²) in [5, 5.41) is 12.8. The van der Waals surface area contributed by atoms with Gasteiger partial charge in [0, 0.05) is 11.6 Å². The van der Waals surface area contributed by atoms with E-state index < -0.39 is 11.9 Å². The molecule has 0 saturated carbocycles. The molecule has 2 aromatic heterocycles. The van der Waals surface area contributed by atoms with E-state index in [1.165, 1.54) is 22.3 Å². The number of hydrogen-bond acceptors (Lipinski definition) is 7. The molecule has 8 heteroatoms. The molecule has 0 fully saturated rings. The largest absolute Gasteiger partial charge is 0.504 e. The number of amides is 1. The molecule has 0 saturated heterocycles. The summed E-state index contributed by atoms with van der Waals surface area (Å²) in [5.74, 6) is -0.161. The first kappa shape index (κ1) is 19.3. The number of benzene rings is 2. The number of aromatic nitrogens is 1. The van der Waals surface area contributed by atoms with Gasteiger partial charge in [-0.3, -0.25) is 14.5 Å². The number of phenols is 1. The summed E-state index contributed by atoms with van der Waals surface area (Å²) in [6.45, 7) is 4.07. The lowest BCUT2D eigenvalue weighted by Crippen LogP contribution is -2.29. The standard InChI is InChI=1S/C23H18N2O5S/c1-3-29-17-11-13(5-6-15(17)26)19-18-20(27)14-10-12(2)4-7-16(14)30-21(18)22(28)25(19)23-24-8-9-31-23/h4-11,19,26H,3H2,1-2H3. The van der Waals surface area contributed by atoms with Crippen molar-refractivity contribution < 1.29 is 19.1 Å². The molecule has 1 aliphatic rings. The van der Waals surface area contributed by atoms with E-state index in [1.54, 1.807) is 35.8 Å². The molecule has 1 amide bonds. The van der Waals surface area contributed by atoms with Crippen molar-refractivity contribution in [1.82, 2.24) is 4.98 Å². The highest BCUT2D eigenvalue weighted by molar-refractivity contribution is 7.13. The van der Waals surface area contributed by atoms with Crippen molar-refractivity contribution in [1.29, 1.82) is 0 Å². The number of rotatable bonds is 4. The molecule has 7 nitrogen and oxygen atoms in total. The third-order valence-electron chi connectivity index (χ3n) is 5.25. The van der Waals surface area contributed by atoms with E-state index in [-0.39, 0.29) is 28.3 Å². The maximum absolute atomic E-state index is 13.6. The van der Waals surface area contributed by atoms with Crippen LogP contribution in [-0.4, -0.2) is 22.6 Å². The van der Waals surface area contributed by atoms with Crippen LogP contribution in [0.4, 0.5) is 5.13 Å². The maximum atomic E-state index is 13.6. The van der Waals surface area contributed by atoms with E-state index in [2.05, 4.69) is 4.98 Å². The highest BCUT2D eigenvalue weighted by Gasteiger charge is 2.45. The smallest absolute Gasteiger partial charge is 0.297 e. The van der Waals surface area contributed by atoms with E-state index in [9.17, 15) is 14.7 Å². The fraction of sp³-hybridized carbons (Fsp3) is 0.174. The molecule has 4 aromatic rings. The molecule has 156 valence electrons. The Morgan fingerprint density at radius 2 is 2.06 bits per heavy atom. The molecular weight excluding hydrogens is 416 g/mol. The van der Waals surface area contributed by atoms with Gasteiger partial charge in [-0.05, 0) is 43.7 Å². The number of hydrogen-bond donors (Lipinski definition) is 1. The van der Waals surface area contributed by atoms with Crippen LogP contribution in [0.3, 0.4) is 0 Å². The third kappa shape index (κ3) is 2.98. The van der Waals surface area contributed by atoms with Crippen LogP contribution in [0.2, 0.25) is 0 Å². The summed E-state index contributed by atoms with van der Waals surface area (Å²) < 4.78 is 11.5. The lowest BCUT2D eigenvalue weighted by Gasteiger charge is -2.23. The molecule has 0 radical (unpaired) electrons. The monoisotopic (exact) mass is 434 g/mol. The molecule has 1 N–H and O–H groups in total. The summed E-state index contributed by atoms with van der Waals surface area (Å²) in [5.41, 5.74) is 1.89. The number of fused-ring (bicyclic) bond motifs is 2. The average molecular weight is 434 g/mol. The normalized spacial score (nSPS) is 15.5. The average Bonchev–Trinajstić information content (AvgIpc) is 3.37. The van der Waals surface area contributed by atoms with Gasteiger partial charge in [0.05, 0.1) is 23.6 Å². The van der Waals surface area contributed by atoms with Gasteiger partial charge < -0.3 is 14.3 Å². The lowest BCUT2D eigenvalue weighted by atomic mass is 9.98. The van der Waals surface area contributed by atoms with Crippen molar-refractivity contribution in [2.75, 3.05) is 11.5 Å². The van der Waals surface area contributed by atoms with Crippen molar-refractivity contribution >= 4 is 33.3 Å². The van der Waals surface area contributed by atoms with Crippen molar-refractivity contribution in [3.63, 3.8) is 0 Å². The first-order chi connectivity index (χ1) is 15.0. The Bertz CT molecular complexity index is 1380. The number of ether oxygens (including phenoxy) is 1. The molecule has 0 aliphatic carbocycles. The number of aryl methyl sites for hydroxylation is 1. The van der Waals surface area contributed by atoms with Crippen LogP contribution in [0.1, 0.15) is 40.2 Å². The zero-order valence-corrected chi connectivity index (χ0v) is 17.6. The molecular formula is C23H18N2O5S. The highest BCUT2D eigenvalue weighted by atomic mass is 32.1. The Morgan fingerprint density at radius 3 is 2.81 bits per heavy atom. The first-order valence-electron chi connectivity index (χ1n) is 9.75. The van der Waals surface area contributed by atoms with Crippen LogP contribution in [0.25, 0.3) is 11.0 Å². The number of nitrogens with zero attached hydrogens (tertiary/aromatic N) is 2. The molecule has 3 heterocycles. The predicted molar refractivity (Wildman–Crippen MR) is 117 cm³/mol. The van der Waals surface area contributed by atoms with Gasteiger partial charge in [0.2, 0.25) is 5.76 Å². The van der Waals surface area contributed by atoms with Crippen molar-refractivity contribution in [3.05, 3.63) is 80.6 Å². The minimum atomic E-state index is -0.755. The van der Waals surface area contributed by atoms with E-state index in [1.807, 2.05) is 19.9 Å². The third-order valence-corrected chi connectivity index (χ3v) is 6.02. The van der Waals surface area contributed by atoms with Gasteiger partial charge in [-0.1, -0.05) is 17.7 Å². The predicted octanol–water partition coefficient (Wildman–Crippen LogP) is 4.41. The maximum Gasteiger partial charge on any atom is 0.297 e. The van der Waals surface area contributed by atoms with Crippen molar-refractivity contribution in [3.8, 4) is 11.5 Å². The number of carbonyl (C=O) groups is 1. The Balaban J connectivity index is 1.80. The fourth-order valence-corrected chi connectivity index (χ4v) is 4.57. The van der Waals surface area contributed by atoms with Crippen molar-refractivity contribution in [2.45, 2.75) is 19.9 Å². The van der Waals surface area contributed by atoms with Crippen LogP contribution in [0, 0.1) is 6.92 Å². The SMILES string of the molecule is CCOc1cc(C2c3c(oc4ccc(C)cc4c3=O)C(=O)N2c2nccs2)ccc1O. The minimum Gasteiger partial charge on any atom is -0.504 e. The van der Waals surface area contributed by atoms with Gasteiger partial charge in [0.1, 0.15) is 5.58 Å². The lowest BCUT2D eigenvalue weighted by molar-refractivity contribution is 0.0971. The highest BCUT2D eigenvalue weighted by Crippen LogP contribution is 2.43. The summed E-state index contributed by atoms with van der Waals surface area (Å²) in [6.07, 6.45) is 1.60. The molecule has 1 atom stereocenters. The molecule has 2 aromatic carbocycles. The zero-order valence-electron chi connectivity index (χ0n) is 16.8. The van der Waals surface area contributed by atoms with E-state index in [4.69, 9.17) is 9.15 Å². The van der Waals surface area contributed by atoms with Crippen LogP contribution < -0.4 is 15.1 Å². The van der Waals surface area contributed by atoms with Gasteiger partial charge in [-0.2, -0.15) is 0 Å². The quantitative estimate of drug-likeness (QED) is 0.511.